The predicted molar refractivity (Wildman–Crippen MR) is 171 cm³/mol. The fraction of sp³-hybridized carbons (Fsp3) is 0.438. The van der Waals surface area contributed by atoms with Crippen molar-refractivity contribution in [2.75, 3.05) is 26.6 Å². The molecule has 3 aromatic rings. The number of rotatable bonds is 9. The van der Waals surface area contributed by atoms with Crippen LogP contribution in [0.2, 0.25) is 0 Å². The number of Topliss-reactive ketones (excluding diaryl/α,β-unsaturated/α-hetero) is 1. The van der Waals surface area contributed by atoms with Crippen LogP contribution in [0.25, 0.3) is 10.9 Å². The van der Waals surface area contributed by atoms with Gasteiger partial charge in [-0.2, -0.15) is 0 Å². The number of H-pyrrole nitrogens is 1. The molecule has 0 spiro atoms. The Bertz CT molecular complexity index is 1210. The van der Waals surface area contributed by atoms with Crippen molar-refractivity contribution in [1.29, 1.82) is 0 Å². The molecule has 0 aliphatic carbocycles. The molecule has 0 aliphatic rings. The number of amides is 1. The van der Waals surface area contributed by atoms with E-state index >= 15 is 0 Å². The molecule has 1 amide bonds. The summed E-state index contributed by atoms with van der Waals surface area (Å²) < 4.78 is 9.31. The number of aromatic amines is 1. The molecule has 2 atom stereocenters. The minimum absolute atomic E-state index is 0. The van der Waals surface area contributed by atoms with Crippen LogP contribution in [-0.4, -0.2) is 61.4 Å². The van der Waals surface area contributed by atoms with E-state index in [1.54, 1.807) is 26.1 Å². The van der Waals surface area contributed by atoms with Crippen LogP contribution >= 0.6 is 0 Å². The number of anilines is 1. The first-order chi connectivity index (χ1) is 19.2. The maximum Gasteiger partial charge on any atom is 0.328 e. The molecule has 43 heavy (non-hydrogen) atoms. The van der Waals surface area contributed by atoms with Crippen LogP contribution in [0, 0.1) is 5.92 Å². The van der Waals surface area contributed by atoms with E-state index in [-0.39, 0.29) is 55.5 Å². The van der Waals surface area contributed by atoms with Crippen molar-refractivity contribution in [3.05, 3.63) is 65.9 Å². The number of carbonyl (C=O) groups excluding carboxylic acids is 4. The Labute approximate surface area is 268 Å². The molecular formula is C32H51N3O7V. The summed E-state index contributed by atoms with van der Waals surface area (Å²) in [4.78, 5) is 49.2. The Hall–Kier alpha value is -3.60. The molecule has 1 heterocycles. The molecule has 0 aliphatic heterocycles. The van der Waals surface area contributed by atoms with Crippen LogP contribution in [0.1, 0.15) is 71.3 Å². The van der Waals surface area contributed by atoms with Gasteiger partial charge in [0.15, 0.2) is 5.78 Å². The molecule has 2 aromatic carbocycles. The smallest absolute Gasteiger partial charge is 0.328 e. The topological polar surface area (TPSA) is 158 Å². The summed E-state index contributed by atoms with van der Waals surface area (Å²) in [7, 11) is 4.40. The molecule has 3 rings (SSSR count). The molecule has 0 bridgehead atoms. The zero-order valence-corrected chi connectivity index (χ0v) is 27.6. The van der Waals surface area contributed by atoms with Crippen LogP contribution in [-0.2, 0) is 48.8 Å². The minimum Gasteiger partial charge on any atom is -0.469 e. The maximum atomic E-state index is 12.0. The number of carbonyl (C=O) groups is 4. The number of hydrogen-bond acceptors (Lipinski definition) is 7. The van der Waals surface area contributed by atoms with Crippen molar-refractivity contribution in [3.63, 3.8) is 0 Å². The number of methoxy groups -OCH3 is 2. The second kappa shape index (κ2) is 26.1. The van der Waals surface area contributed by atoms with Crippen molar-refractivity contribution >= 4 is 40.2 Å². The van der Waals surface area contributed by atoms with Gasteiger partial charge in [-0.1, -0.05) is 72.4 Å². The van der Waals surface area contributed by atoms with Gasteiger partial charge in [0.05, 0.1) is 20.1 Å². The second-order valence-corrected chi connectivity index (χ2v) is 8.19. The molecular weight excluding hydrogens is 589 g/mol. The van der Waals surface area contributed by atoms with E-state index in [1.165, 1.54) is 21.1 Å². The SMILES string of the molecule is C.CC.CC.CNc1ccccc1C(=O)C[C@H](C)C(=O)OC.COC(=O)[C@H](Cc1c[nH]c2ccccc12)NC(C)=O.O.[V]. The van der Waals surface area contributed by atoms with Crippen molar-refractivity contribution in [3.8, 4) is 0 Å². The summed E-state index contributed by atoms with van der Waals surface area (Å²) in [6, 6.07) is 14.4. The third-order valence-corrected chi connectivity index (χ3v) is 5.55. The quantitative estimate of drug-likeness (QED) is 0.210. The largest absolute Gasteiger partial charge is 0.469 e. The van der Waals surface area contributed by atoms with E-state index < -0.39 is 17.9 Å². The summed E-state index contributed by atoms with van der Waals surface area (Å²) in [5, 5.41) is 6.61. The Morgan fingerprint density at radius 1 is 0.884 bits per heavy atom. The molecule has 0 saturated carbocycles. The molecule has 11 heteroatoms. The van der Waals surface area contributed by atoms with E-state index in [0.29, 0.717) is 12.0 Å². The van der Waals surface area contributed by atoms with E-state index in [9.17, 15) is 19.2 Å². The normalized spacial score (nSPS) is 10.3. The monoisotopic (exact) mass is 640 g/mol. The summed E-state index contributed by atoms with van der Waals surface area (Å²) >= 11 is 0. The zero-order valence-electron chi connectivity index (χ0n) is 26.2. The summed E-state index contributed by atoms with van der Waals surface area (Å²) in [5.74, 6) is -1.54. The van der Waals surface area contributed by atoms with E-state index in [0.717, 1.165) is 22.2 Å². The average Bonchev–Trinajstić information content (AvgIpc) is 3.40. The third kappa shape index (κ3) is 15.4. The van der Waals surface area contributed by atoms with Gasteiger partial charge >= 0.3 is 11.9 Å². The molecule has 241 valence electrons. The van der Waals surface area contributed by atoms with Crippen molar-refractivity contribution in [1.82, 2.24) is 10.3 Å². The molecule has 5 N–H and O–H groups in total. The van der Waals surface area contributed by atoms with Crippen molar-refractivity contribution in [2.45, 2.75) is 67.9 Å². The van der Waals surface area contributed by atoms with E-state index in [2.05, 4.69) is 20.4 Å². The van der Waals surface area contributed by atoms with Gasteiger partial charge in [0.1, 0.15) is 6.04 Å². The molecule has 10 nitrogen and oxygen atoms in total. The number of hydrogen-bond donors (Lipinski definition) is 3. The van der Waals surface area contributed by atoms with Gasteiger partial charge in [0, 0.05) is 73.7 Å². The van der Waals surface area contributed by atoms with Gasteiger partial charge in [-0.3, -0.25) is 14.4 Å². The Morgan fingerprint density at radius 2 is 1.42 bits per heavy atom. The standard InChI is InChI=1S/C14H16N2O3.C13H17NO3.2C2H6.CH4.H2O.V/c1-9(17)16-13(14(18)19-2)7-10-8-15-12-6-4-3-5-11(10)12;1-9(13(16)17-3)8-12(15)10-6-4-5-7-11(10)14-2;2*1-2;;;/h3-6,8,13,15H,7H2,1-2H3,(H,16,17);4-7,9,14H,8H2,1-3H3;2*1-2H3;1H4;1H2;/t13-;9-;;;;;/m00...../s1. The fourth-order valence-electron chi connectivity index (χ4n) is 3.72. The van der Waals surface area contributed by atoms with E-state index in [4.69, 9.17) is 4.74 Å². The fourth-order valence-corrected chi connectivity index (χ4v) is 3.72. The number of aromatic nitrogens is 1. The third-order valence-electron chi connectivity index (χ3n) is 5.55. The number of nitrogens with one attached hydrogen (secondary N) is 3. The zero-order chi connectivity index (χ0) is 30.7. The summed E-state index contributed by atoms with van der Waals surface area (Å²) in [6.45, 7) is 11.1. The van der Waals surface area contributed by atoms with E-state index in [1.807, 2.05) is 70.3 Å². The Morgan fingerprint density at radius 3 is 1.95 bits per heavy atom. The number of ether oxygens (including phenoxy) is 2. The van der Waals surface area contributed by atoms with Crippen LogP contribution < -0.4 is 10.6 Å². The first-order valence-electron chi connectivity index (χ1n) is 13.5. The molecule has 0 fully saturated rings. The van der Waals surface area contributed by atoms with Gasteiger partial charge < -0.3 is 30.6 Å². The van der Waals surface area contributed by atoms with Gasteiger partial charge in [-0.15, -0.1) is 0 Å². The van der Waals surface area contributed by atoms with Gasteiger partial charge in [-0.25, -0.2) is 4.79 Å². The number of esters is 2. The summed E-state index contributed by atoms with van der Waals surface area (Å²) in [6.07, 6.45) is 2.41. The molecule has 1 aromatic heterocycles. The molecule has 0 unspecified atom stereocenters. The van der Waals surface area contributed by atoms with Crippen LogP contribution in [0.15, 0.2) is 54.7 Å². The second-order valence-electron chi connectivity index (χ2n) is 8.19. The van der Waals surface area contributed by atoms with Gasteiger partial charge in [0.2, 0.25) is 5.91 Å². The Balaban J connectivity index is -0.000000300. The first-order valence-corrected chi connectivity index (χ1v) is 13.5. The minimum atomic E-state index is -0.665. The van der Waals surface area contributed by atoms with Crippen LogP contribution in [0.4, 0.5) is 5.69 Å². The Kier molecular flexibility index (Phi) is 28.1. The van der Waals surface area contributed by atoms with Crippen molar-refractivity contribution < 1.29 is 52.7 Å². The first kappa shape index (κ1) is 46.4. The molecule has 1 radical (unpaired) electrons. The average molecular weight is 641 g/mol. The van der Waals surface area contributed by atoms with Crippen LogP contribution in [0.5, 0.6) is 0 Å². The number of benzene rings is 2. The predicted octanol–water partition coefficient (Wildman–Crippen LogP) is 5.36. The molecule has 0 saturated heterocycles. The number of ketones is 1. The van der Waals surface area contributed by atoms with Gasteiger partial charge in [-0.05, 0) is 23.8 Å². The summed E-state index contributed by atoms with van der Waals surface area (Å²) in [5.41, 5.74) is 3.35. The van der Waals surface area contributed by atoms with Gasteiger partial charge in [0.25, 0.3) is 0 Å². The van der Waals surface area contributed by atoms with Crippen LogP contribution in [0.3, 0.4) is 0 Å². The maximum absolute atomic E-state index is 12.0. The number of para-hydroxylation sites is 2. The number of fused-ring (bicyclic) bond motifs is 1. The van der Waals surface area contributed by atoms with Crippen molar-refractivity contribution in [2.24, 2.45) is 5.92 Å².